The molecular weight excluding hydrogens is 340 g/mol. The van der Waals surface area contributed by atoms with Gasteiger partial charge in [0.2, 0.25) is 5.60 Å². The van der Waals surface area contributed by atoms with Crippen molar-refractivity contribution >= 4 is 11.9 Å². The molecule has 150 valence electrons. The van der Waals surface area contributed by atoms with Gasteiger partial charge < -0.3 is 15.4 Å². The maximum atomic E-state index is 12.4. The lowest BCUT2D eigenvalue weighted by Crippen LogP contribution is -2.65. The van der Waals surface area contributed by atoms with Gasteiger partial charge in [0, 0.05) is 17.5 Å². The van der Waals surface area contributed by atoms with Crippen molar-refractivity contribution in [1.29, 1.82) is 0 Å². The second-order valence-electron chi connectivity index (χ2n) is 9.94. The zero-order chi connectivity index (χ0) is 20.5. The van der Waals surface area contributed by atoms with Gasteiger partial charge in [0.25, 0.3) is 0 Å². The van der Waals surface area contributed by atoms with E-state index in [1.807, 2.05) is 13.8 Å². The average molecular weight is 372 g/mol. The van der Waals surface area contributed by atoms with Crippen LogP contribution in [0.1, 0.15) is 68.2 Å². The molecule has 0 amide bonds. The van der Waals surface area contributed by atoms with Gasteiger partial charge >= 0.3 is 11.9 Å². The summed E-state index contributed by atoms with van der Waals surface area (Å²) in [5.41, 5.74) is -5.37. The molecule has 0 bridgehead atoms. The normalized spacial score (nSPS) is 35.5. The number of aliphatic carboxylic acids is 2. The predicted molar refractivity (Wildman–Crippen MR) is 93.6 cm³/mol. The van der Waals surface area contributed by atoms with E-state index in [0.717, 1.165) is 5.06 Å². The molecule has 2 rings (SSSR count). The van der Waals surface area contributed by atoms with E-state index in [9.17, 15) is 25.0 Å². The lowest BCUT2D eigenvalue weighted by atomic mass is 9.82. The van der Waals surface area contributed by atoms with Crippen LogP contribution in [0.5, 0.6) is 0 Å². The van der Waals surface area contributed by atoms with E-state index >= 15 is 0 Å². The van der Waals surface area contributed by atoms with Crippen molar-refractivity contribution in [2.75, 3.05) is 0 Å². The van der Waals surface area contributed by atoms with E-state index in [1.165, 1.54) is 5.06 Å². The molecule has 2 atom stereocenters. The van der Waals surface area contributed by atoms with Gasteiger partial charge in [-0.15, -0.1) is 0 Å². The second kappa shape index (κ2) is 5.64. The van der Waals surface area contributed by atoms with Crippen LogP contribution in [0.3, 0.4) is 0 Å². The number of rotatable bonds is 4. The summed E-state index contributed by atoms with van der Waals surface area (Å²) in [5, 5.41) is 32.9. The smallest absolute Gasteiger partial charge is 0.340 e. The van der Waals surface area contributed by atoms with Crippen LogP contribution in [-0.2, 0) is 14.4 Å². The molecule has 2 aliphatic heterocycles. The van der Waals surface area contributed by atoms with Gasteiger partial charge in [-0.3, -0.25) is 9.63 Å². The van der Waals surface area contributed by atoms with Crippen molar-refractivity contribution in [2.45, 2.75) is 96.0 Å². The fraction of sp³-hybridized carbons (Fsp3) is 0.889. The van der Waals surface area contributed by atoms with E-state index in [4.69, 9.17) is 4.84 Å². The topological polar surface area (TPSA) is 111 Å². The molecule has 8 heteroatoms. The molecule has 0 aromatic rings. The molecule has 0 aromatic heterocycles. The van der Waals surface area contributed by atoms with Gasteiger partial charge in [0.15, 0.2) is 0 Å². The highest BCUT2D eigenvalue weighted by Gasteiger charge is 2.70. The van der Waals surface area contributed by atoms with Crippen molar-refractivity contribution < 1.29 is 29.8 Å². The van der Waals surface area contributed by atoms with Crippen molar-refractivity contribution in [3.8, 4) is 0 Å². The number of hydrogen-bond donors (Lipinski definition) is 3. The first-order valence-corrected chi connectivity index (χ1v) is 8.88. The van der Waals surface area contributed by atoms with Crippen molar-refractivity contribution in [3.05, 3.63) is 0 Å². The highest BCUT2D eigenvalue weighted by atomic mass is 16.7. The molecule has 2 fully saturated rings. The summed E-state index contributed by atoms with van der Waals surface area (Å²) in [5.74, 6) is -2.82. The molecule has 0 radical (unpaired) electrons. The predicted octanol–water partition coefficient (Wildman–Crippen LogP) is 2.36. The lowest BCUT2D eigenvalue weighted by Gasteiger charge is -2.47. The first kappa shape index (κ1) is 21.1. The molecule has 0 saturated carbocycles. The summed E-state index contributed by atoms with van der Waals surface area (Å²) in [6.07, 6.45) is 0.386. The van der Waals surface area contributed by atoms with Crippen LogP contribution in [-0.4, -0.2) is 65.2 Å². The fourth-order valence-corrected chi connectivity index (χ4v) is 4.89. The summed E-state index contributed by atoms with van der Waals surface area (Å²) in [4.78, 5) is 30.4. The van der Waals surface area contributed by atoms with Gasteiger partial charge in [0.05, 0.1) is 17.0 Å². The standard InChI is InChI=1S/C18H32N2O6/c1-14(2)9-11(12(21)22)16(5,6)20(14)26-18(13(23)24)10-15(3,4)19(25)17(18,7)8/h11,25H,9-10H2,1-8H3,(H,21,22)(H,23,24)/t11?,18-/m0/s1. The van der Waals surface area contributed by atoms with E-state index in [1.54, 1.807) is 41.5 Å². The van der Waals surface area contributed by atoms with Crippen LogP contribution < -0.4 is 0 Å². The molecule has 0 spiro atoms. The van der Waals surface area contributed by atoms with E-state index in [0.29, 0.717) is 6.42 Å². The Morgan fingerprint density at radius 3 is 1.77 bits per heavy atom. The van der Waals surface area contributed by atoms with E-state index < -0.39 is 45.6 Å². The van der Waals surface area contributed by atoms with Crippen LogP contribution in [0.4, 0.5) is 0 Å². The minimum Gasteiger partial charge on any atom is -0.481 e. The third kappa shape index (κ3) is 2.66. The molecule has 0 aliphatic carbocycles. The number of carboxylic acid groups (broad SMARTS) is 2. The third-order valence-corrected chi connectivity index (χ3v) is 6.29. The highest BCUT2D eigenvalue weighted by Crippen LogP contribution is 2.53. The molecule has 3 N–H and O–H groups in total. The Kier molecular flexibility index (Phi) is 4.57. The SMILES string of the molecule is CC1(C)CC(C(=O)O)C(C)(C)N1O[C@]1(C(=O)O)CC(C)(C)N(O)C1(C)C. The Morgan fingerprint density at radius 1 is 0.962 bits per heavy atom. The Labute approximate surface area is 154 Å². The average Bonchev–Trinajstić information content (AvgIpc) is 2.71. The van der Waals surface area contributed by atoms with Crippen molar-refractivity contribution in [2.24, 2.45) is 5.92 Å². The molecular formula is C18H32N2O6. The van der Waals surface area contributed by atoms with E-state index in [2.05, 4.69) is 0 Å². The van der Waals surface area contributed by atoms with Gasteiger partial charge in [-0.1, -0.05) is 0 Å². The Bertz CT molecular complexity index is 627. The molecule has 1 unspecified atom stereocenters. The maximum Gasteiger partial charge on any atom is 0.340 e. The summed E-state index contributed by atoms with van der Waals surface area (Å²) >= 11 is 0. The molecule has 2 aliphatic rings. The van der Waals surface area contributed by atoms with Crippen molar-refractivity contribution in [1.82, 2.24) is 10.1 Å². The Balaban J connectivity index is 2.55. The number of nitrogens with zero attached hydrogens (tertiary/aromatic N) is 2. The Hall–Kier alpha value is -1.22. The quantitative estimate of drug-likeness (QED) is 0.690. The molecule has 2 heterocycles. The highest BCUT2D eigenvalue weighted by molar-refractivity contribution is 5.80. The van der Waals surface area contributed by atoms with Crippen LogP contribution in [0, 0.1) is 5.92 Å². The molecule has 2 saturated heterocycles. The number of carbonyl (C=O) groups is 2. The van der Waals surface area contributed by atoms with Crippen LogP contribution >= 0.6 is 0 Å². The number of hydroxylamine groups is 4. The van der Waals surface area contributed by atoms with Crippen LogP contribution in [0.15, 0.2) is 0 Å². The second-order valence-corrected chi connectivity index (χ2v) is 9.94. The lowest BCUT2D eigenvalue weighted by molar-refractivity contribution is -0.327. The third-order valence-electron chi connectivity index (χ3n) is 6.29. The summed E-state index contributed by atoms with van der Waals surface area (Å²) in [6, 6.07) is 0. The monoisotopic (exact) mass is 372 g/mol. The first-order chi connectivity index (χ1) is 11.4. The first-order valence-electron chi connectivity index (χ1n) is 8.88. The van der Waals surface area contributed by atoms with Gasteiger partial charge in [-0.05, 0) is 61.8 Å². The maximum absolute atomic E-state index is 12.4. The van der Waals surface area contributed by atoms with Gasteiger partial charge in [0.1, 0.15) is 0 Å². The number of hydrogen-bond acceptors (Lipinski definition) is 6. The zero-order valence-electron chi connectivity index (χ0n) is 17.0. The summed E-state index contributed by atoms with van der Waals surface area (Å²) in [7, 11) is 0. The largest absolute Gasteiger partial charge is 0.481 e. The minimum absolute atomic E-state index is 0.0548. The molecule has 8 nitrogen and oxygen atoms in total. The van der Waals surface area contributed by atoms with Crippen molar-refractivity contribution in [3.63, 3.8) is 0 Å². The van der Waals surface area contributed by atoms with Crippen LogP contribution in [0.2, 0.25) is 0 Å². The number of carboxylic acids is 2. The minimum atomic E-state index is -1.73. The fourth-order valence-electron chi connectivity index (χ4n) is 4.89. The van der Waals surface area contributed by atoms with Crippen LogP contribution in [0.25, 0.3) is 0 Å². The van der Waals surface area contributed by atoms with E-state index in [-0.39, 0.29) is 6.42 Å². The molecule has 26 heavy (non-hydrogen) atoms. The Morgan fingerprint density at radius 2 is 1.46 bits per heavy atom. The zero-order valence-corrected chi connectivity index (χ0v) is 17.0. The van der Waals surface area contributed by atoms with Gasteiger partial charge in [-0.25, -0.2) is 4.79 Å². The van der Waals surface area contributed by atoms with Gasteiger partial charge in [-0.2, -0.15) is 10.1 Å². The summed E-state index contributed by atoms with van der Waals surface area (Å²) < 4.78 is 0. The summed E-state index contributed by atoms with van der Waals surface area (Å²) in [6.45, 7) is 13.9. The molecule has 0 aromatic carbocycles.